The zero-order valence-corrected chi connectivity index (χ0v) is 14.2. The van der Waals surface area contributed by atoms with Crippen LogP contribution in [0, 0.1) is 5.82 Å². The van der Waals surface area contributed by atoms with Crippen molar-refractivity contribution >= 4 is 29.5 Å². The van der Waals surface area contributed by atoms with Crippen LogP contribution in [-0.4, -0.2) is 43.2 Å². The summed E-state index contributed by atoms with van der Waals surface area (Å²) in [7, 11) is 1.91. The van der Waals surface area contributed by atoms with Gasteiger partial charge >= 0.3 is 5.97 Å². The first-order valence-corrected chi connectivity index (χ1v) is 8.29. The molecule has 2 rings (SSSR count). The largest absolute Gasteiger partial charge is 0.466 e. The van der Waals surface area contributed by atoms with Gasteiger partial charge in [0, 0.05) is 17.9 Å². The molecule has 0 radical (unpaired) electrons. The molecule has 0 saturated carbocycles. The molecular weight excluding hydrogens is 329 g/mol. The maximum Gasteiger partial charge on any atom is 0.306 e. The number of benzene rings is 1. The van der Waals surface area contributed by atoms with E-state index in [2.05, 4.69) is 0 Å². The number of halogens is 2. The van der Waals surface area contributed by atoms with Gasteiger partial charge in [0.25, 0.3) is 0 Å². The van der Waals surface area contributed by atoms with Crippen molar-refractivity contribution in [3.63, 3.8) is 0 Å². The van der Waals surface area contributed by atoms with Crippen molar-refractivity contribution in [2.75, 3.05) is 26.8 Å². The molecule has 122 valence electrons. The minimum atomic E-state index is -0.359. The first-order valence-electron chi connectivity index (χ1n) is 7.13. The van der Waals surface area contributed by atoms with Gasteiger partial charge in [-0.15, -0.1) is 0 Å². The van der Waals surface area contributed by atoms with Crippen LogP contribution >= 0.6 is 23.5 Å². The summed E-state index contributed by atoms with van der Waals surface area (Å²) in [5.41, 5.74) is 0.619. The van der Waals surface area contributed by atoms with Gasteiger partial charge in [-0.3, -0.25) is 4.79 Å². The minimum absolute atomic E-state index is 0.187. The highest BCUT2D eigenvalue weighted by molar-refractivity contribution is 7.97. The summed E-state index contributed by atoms with van der Waals surface area (Å²) in [6.45, 7) is 3.62. The van der Waals surface area contributed by atoms with Crippen molar-refractivity contribution in [3.8, 4) is 0 Å². The van der Waals surface area contributed by atoms with Gasteiger partial charge in [-0.05, 0) is 50.0 Å². The Labute approximate surface area is 139 Å². The zero-order chi connectivity index (χ0) is 16.1. The second kappa shape index (κ2) is 8.15. The summed E-state index contributed by atoms with van der Waals surface area (Å²) in [6, 6.07) is 2.78. The number of carbonyl (C=O) groups excluding carboxylic acids is 1. The molecule has 4 nitrogen and oxygen atoms in total. The molecule has 0 aliphatic carbocycles. The lowest BCUT2D eigenvalue weighted by molar-refractivity contribution is -0.143. The lowest BCUT2D eigenvalue weighted by atomic mass is 10.1. The molecule has 0 spiro atoms. The molecule has 1 heterocycles. The number of epoxide rings is 1. The smallest absolute Gasteiger partial charge is 0.306 e. The van der Waals surface area contributed by atoms with E-state index in [1.54, 1.807) is 6.92 Å². The van der Waals surface area contributed by atoms with Gasteiger partial charge in [0.2, 0.25) is 0 Å². The van der Waals surface area contributed by atoms with Crippen LogP contribution in [0.2, 0.25) is 5.02 Å². The Hall–Kier alpha value is -0.820. The maximum absolute atomic E-state index is 13.8. The summed E-state index contributed by atoms with van der Waals surface area (Å²) in [5, 5.41) is 0.485. The van der Waals surface area contributed by atoms with Crippen LogP contribution in [-0.2, 0) is 20.7 Å². The van der Waals surface area contributed by atoms with Crippen LogP contribution < -0.4 is 0 Å². The van der Waals surface area contributed by atoms with Crippen LogP contribution in [0.25, 0.3) is 0 Å². The van der Waals surface area contributed by atoms with E-state index in [0.29, 0.717) is 28.5 Å². The second-order valence-electron chi connectivity index (χ2n) is 5.04. The first kappa shape index (κ1) is 17.5. The van der Waals surface area contributed by atoms with Crippen molar-refractivity contribution in [2.45, 2.75) is 30.8 Å². The van der Waals surface area contributed by atoms with Crippen LogP contribution in [0.5, 0.6) is 0 Å². The van der Waals surface area contributed by atoms with Gasteiger partial charge in [0.15, 0.2) is 0 Å². The number of hydrogen-bond donors (Lipinski definition) is 0. The second-order valence-corrected chi connectivity index (χ2v) is 6.66. The van der Waals surface area contributed by atoms with E-state index in [0.717, 1.165) is 13.2 Å². The Bertz CT molecular complexity index is 540. The van der Waals surface area contributed by atoms with Gasteiger partial charge in [-0.1, -0.05) is 11.6 Å². The molecule has 0 bridgehead atoms. The topological polar surface area (TPSA) is 42.1 Å². The predicted octanol–water partition coefficient (Wildman–Crippen LogP) is 3.31. The number of rotatable bonds is 8. The number of nitrogens with zero attached hydrogens (tertiary/aromatic N) is 1. The Kier molecular flexibility index (Phi) is 6.50. The monoisotopic (exact) mass is 347 g/mol. The molecule has 1 aliphatic rings. The normalized spacial score (nSPS) is 16.9. The molecule has 7 heteroatoms. The van der Waals surface area contributed by atoms with Gasteiger partial charge in [-0.2, -0.15) is 0 Å². The van der Waals surface area contributed by atoms with Crippen LogP contribution in [0.15, 0.2) is 17.0 Å². The highest BCUT2D eigenvalue weighted by Crippen LogP contribution is 2.34. The van der Waals surface area contributed by atoms with Crippen molar-refractivity contribution in [2.24, 2.45) is 0 Å². The first-order chi connectivity index (χ1) is 10.5. The number of ether oxygens (including phenoxy) is 2. The van der Waals surface area contributed by atoms with Crippen LogP contribution in [0.1, 0.15) is 18.9 Å². The minimum Gasteiger partial charge on any atom is -0.466 e. The number of hydrogen-bond acceptors (Lipinski definition) is 5. The summed E-state index contributed by atoms with van der Waals surface area (Å²) in [5.74, 6) is -0.665. The van der Waals surface area contributed by atoms with E-state index in [9.17, 15) is 9.18 Å². The van der Waals surface area contributed by atoms with Crippen LogP contribution in [0.4, 0.5) is 4.39 Å². The summed E-state index contributed by atoms with van der Waals surface area (Å²) in [4.78, 5) is 12.1. The average Bonchev–Trinajstić information content (AvgIpc) is 3.25. The predicted molar refractivity (Wildman–Crippen MR) is 84.6 cm³/mol. The molecule has 0 N–H and O–H groups in total. The molecule has 0 amide bonds. The lowest BCUT2D eigenvalue weighted by Gasteiger charge is -2.16. The summed E-state index contributed by atoms with van der Waals surface area (Å²) in [6.07, 6.45) is 0.804. The fourth-order valence-corrected chi connectivity index (χ4v) is 3.26. The molecule has 1 aliphatic heterocycles. The quantitative estimate of drug-likeness (QED) is 0.410. The molecule has 1 aromatic carbocycles. The number of aryl methyl sites for hydroxylation is 1. The molecule has 1 atom stereocenters. The van der Waals surface area contributed by atoms with E-state index in [1.165, 1.54) is 24.1 Å². The molecule has 1 saturated heterocycles. The van der Waals surface area contributed by atoms with Crippen molar-refractivity contribution in [1.82, 2.24) is 4.31 Å². The fourth-order valence-electron chi connectivity index (χ4n) is 2.00. The number of likely N-dealkylation sites (N-methyl/N-ethyl adjacent to an activating group) is 1. The molecule has 0 aromatic heterocycles. The van der Waals surface area contributed by atoms with E-state index in [4.69, 9.17) is 21.1 Å². The lowest BCUT2D eigenvalue weighted by Crippen LogP contribution is -2.15. The maximum atomic E-state index is 13.8. The van der Waals surface area contributed by atoms with Gasteiger partial charge in [0.05, 0.1) is 24.3 Å². The third-order valence-electron chi connectivity index (χ3n) is 3.10. The SMILES string of the molecule is CCOC(=O)CCc1cc(F)cc(SN(C)C[C@H]2CO2)c1Cl. The third-order valence-corrected chi connectivity index (χ3v) is 4.64. The summed E-state index contributed by atoms with van der Waals surface area (Å²) >= 11 is 7.72. The standard InChI is InChI=1S/C15H19ClFNO3S/c1-3-20-14(19)5-4-10-6-11(17)7-13(15(10)16)22-18(2)8-12-9-21-12/h6-7,12H,3-5,8-9H2,1-2H3/t12-/m0/s1. The van der Waals surface area contributed by atoms with E-state index in [1.807, 2.05) is 11.4 Å². The molecule has 22 heavy (non-hydrogen) atoms. The highest BCUT2D eigenvalue weighted by Gasteiger charge is 2.25. The van der Waals surface area contributed by atoms with Gasteiger partial charge < -0.3 is 9.47 Å². The van der Waals surface area contributed by atoms with Gasteiger partial charge in [-0.25, -0.2) is 8.70 Å². The molecule has 0 unspecified atom stereocenters. The Morgan fingerprint density at radius 2 is 2.32 bits per heavy atom. The molecule has 1 fully saturated rings. The Balaban J connectivity index is 2.01. The van der Waals surface area contributed by atoms with Crippen LogP contribution in [0.3, 0.4) is 0 Å². The Morgan fingerprint density at radius 3 is 2.95 bits per heavy atom. The van der Waals surface area contributed by atoms with E-state index in [-0.39, 0.29) is 24.3 Å². The van der Waals surface area contributed by atoms with Crippen molar-refractivity contribution < 1.29 is 18.7 Å². The highest BCUT2D eigenvalue weighted by atomic mass is 35.5. The molecular formula is C15H19ClFNO3S. The fraction of sp³-hybridized carbons (Fsp3) is 0.533. The number of carbonyl (C=O) groups is 1. The Morgan fingerprint density at radius 1 is 1.59 bits per heavy atom. The van der Waals surface area contributed by atoms with Crippen molar-refractivity contribution in [3.05, 3.63) is 28.5 Å². The average molecular weight is 348 g/mol. The number of esters is 1. The van der Waals surface area contributed by atoms with E-state index >= 15 is 0 Å². The van der Waals surface area contributed by atoms with Gasteiger partial charge in [0.1, 0.15) is 5.82 Å². The zero-order valence-electron chi connectivity index (χ0n) is 12.6. The third kappa shape index (κ3) is 5.43. The van der Waals surface area contributed by atoms with E-state index < -0.39 is 0 Å². The van der Waals surface area contributed by atoms with Crippen molar-refractivity contribution in [1.29, 1.82) is 0 Å². The molecule has 1 aromatic rings. The summed E-state index contributed by atoms with van der Waals surface area (Å²) < 4.78 is 25.8.